The zero-order chi connectivity index (χ0) is 21.5. The number of nitrogens with zero attached hydrogens (tertiary/aromatic N) is 3. The van der Waals surface area contributed by atoms with Crippen LogP contribution >= 0.6 is 0 Å². The summed E-state index contributed by atoms with van der Waals surface area (Å²) in [6, 6.07) is -0.0524. The van der Waals surface area contributed by atoms with Crippen molar-refractivity contribution >= 4 is 29.5 Å². The first-order chi connectivity index (χ1) is 13.6. The number of rotatable bonds is 7. The van der Waals surface area contributed by atoms with Gasteiger partial charge in [0.1, 0.15) is 0 Å². The van der Waals surface area contributed by atoms with Gasteiger partial charge in [-0.25, -0.2) is 4.79 Å². The average Bonchev–Trinajstić information content (AvgIpc) is 3.33. The fourth-order valence-corrected chi connectivity index (χ4v) is 2.97. The van der Waals surface area contributed by atoms with Gasteiger partial charge in [-0.1, -0.05) is 13.8 Å². The molecule has 0 spiro atoms. The molecule has 0 atom stereocenters. The lowest BCUT2D eigenvalue weighted by molar-refractivity contribution is -0.131. The quantitative estimate of drug-likeness (QED) is 0.470. The van der Waals surface area contributed by atoms with E-state index < -0.39 is 34.8 Å². The number of amides is 2. The van der Waals surface area contributed by atoms with Crippen molar-refractivity contribution in [2.45, 2.75) is 39.3 Å². The molecule has 0 radical (unpaired) electrons. The maximum atomic E-state index is 13.1. The van der Waals surface area contributed by atoms with E-state index in [1.165, 1.54) is 4.57 Å². The summed E-state index contributed by atoms with van der Waals surface area (Å²) in [4.78, 5) is 48.5. The van der Waals surface area contributed by atoms with E-state index in [1.807, 2.05) is 13.8 Å². The zero-order valence-corrected chi connectivity index (χ0v) is 15.9. The molecule has 3 rings (SSSR count). The number of carbonyl (C=O) groups excluding carboxylic acids is 2. The molecule has 1 aliphatic rings. The normalized spacial score (nSPS) is 14.0. The summed E-state index contributed by atoms with van der Waals surface area (Å²) in [5.74, 6) is -3.81. The summed E-state index contributed by atoms with van der Waals surface area (Å²) in [6.45, 7) is 3.79. The molecular formula is C18H21N5O6. The first-order valence-electron chi connectivity index (χ1n) is 9.02. The second-order valence-electron chi connectivity index (χ2n) is 7.29. The number of hydrogen-bond acceptors (Lipinski definition) is 6. The predicted octanol–water partition coefficient (Wildman–Crippen LogP) is -0.0535. The summed E-state index contributed by atoms with van der Waals surface area (Å²) >= 11 is 0. The van der Waals surface area contributed by atoms with E-state index in [0.29, 0.717) is 0 Å². The minimum atomic E-state index is -1.29. The molecule has 0 unspecified atom stereocenters. The minimum absolute atomic E-state index is 0.0320. The lowest BCUT2D eigenvalue weighted by Gasteiger charge is -2.15. The lowest BCUT2D eigenvalue weighted by atomic mass is 10.1. The number of carboxylic acids is 1. The number of aromatic nitrogens is 3. The Labute approximate surface area is 164 Å². The van der Waals surface area contributed by atoms with E-state index in [0.717, 1.165) is 29.5 Å². The van der Waals surface area contributed by atoms with Crippen LogP contribution in [0.2, 0.25) is 0 Å². The van der Waals surface area contributed by atoms with Gasteiger partial charge in [-0.05, 0) is 24.8 Å². The number of nitrogens with two attached hydrogens (primary N) is 1. The second kappa shape index (κ2) is 7.41. The molecule has 1 saturated carbocycles. The van der Waals surface area contributed by atoms with Gasteiger partial charge >= 0.3 is 5.97 Å². The van der Waals surface area contributed by atoms with Gasteiger partial charge in [0.25, 0.3) is 17.4 Å². The van der Waals surface area contributed by atoms with Crippen molar-refractivity contribution in [2.75, 3.05) is 0 Å². The van der Waals surface area contributed by atoms with Gasteiger partial charge in [0, 0.05) is 18.7 Å². The number of fused-ring (bicyclic) bond motifs is 1. The van der Waals surface area contributed by atoms with E-state index in [9.17, 15) is 24.3 Å². The third kappa shape index (κ3) is 3.84. The summed E-state index contributed by atoms with van der Waals surface area (Å²) in [7, 11) is 0. The Balaban J connectivity index is 2.37. The predicted molar refractivity (Wildman–Crippen MR) is 102 cm³/mol. The molecule has 154 valence electrons. The molecule has 11 heteroatoms. The van der Waals surface area contributed by atoms with Crippen LogP contribution in [0.4, 0.5) is 0 Å². The molecule has 29 heavy (non-hydrogen) atoms. The van der Waals surface area contributed by atoms with Crippen molar-refractivity contribution in [1.82, 2.24) is 19.5 Å². The van der Waals surface area contributed by atoms with Crippen LogP contribution in [0.15, 0.2) is 10.9 Å². The van der Waals surface area contributed by atoms with Gasteiger partial charge in [-0.3, -0.25) is 19.0 Å². The van der Waals surface area contributed by atoms with Gasteiger partial charge in [-0.2, -0.15) is 9.61 Å². The average molecular weight is 403 g/mol. The van der Waals surface area contributed by atoms with E-state index in [2.05, 4.69) is 10.4 Å². The highest BCUT2D eigenvalue weighted by Gasteiger charge is 2.31. The van der Waals surface area contributed by atoms with Gasteiger partial charge in [0.05, 0.1) is 5.56 Å². The third-order valence-corrected chi connectivity index (χ3v) is 4.35. The number of carbonyl (C=O) groups is 3. The van der Waals surface area contributed by atoms with Crippen molar-refractivity contribution < 1.29 is 24.6 Å². The van der Waals surface area contributed by atoms with E-state index in [1.54, 1.807) is 0 Å². The van der Waals surface area contributed by atoms with E-state index >= 15 is 0 Å². The summed E-state index contributed by atoms with van der Waals surface area (Å²) < 4.78 is 2.06. The number of nitrogens with one attached hydrogen (secondary N) is 1. The number of aromatic hydroxyl groups is 1. The molecule has 0 saturated heterocycles. The molecule has 2 aromatic heterocycles. The Morgan fingerprint density at radius 3 is 2.52 bits per heavy atom. The van der Waals surface area contributed by atoms with Crippen LogP contribution in [0.1, 0.15) is 53.1 Å². The van der Waals surface area contributed by atoms with Crippen LogP contribution in [-0.2, 0) is 11.3 Å². The Morgan fingerprint density at radius 1 is 1.34 bits per heavy atom. The highest BCUT2D eigenvalue weighted by atomic mass is 16.4. The van der Waals surface area contributed by atoms with Crippen LogP contribution in [-0.4, -0.2) is 48.2 Å². The molecule has 1 fully saturated rings. The molecule has 11 nitrogen and oxygen atoms in total. The molecule has 1 aliphatic carbocycles. The van der Waals surface area contributed by atoms with Crippen LogP contribution < -0.4 is 16.6 Å². The van der Waals surface area contributed by atoms with Crippen molar-refractivity contribution in [3.8, 4) is 5.88 Å². The molecule has 5 N–H and O–H groups in total. The first kappa shape index (κ1) is 20.1. The number of hydrogen-bond donors (Lipinski definition) is 4. The monoisotopic (exact) mass is 403 g/mol. The molecular weight excluding hydrogens is 382 g/mol. The van der Waals surface area contributed by atoms with E-state index in [-0.39, 0.29) is 35.4 Å². The van der Waals surface area contributed by atoms with Crippen molar-refractivity contribution in [2.24, 2.45) is 11.7 Å². The van der Waals surface area contributed by atoms with Crippen LogP contribution in [0.3, 0.4) is 0 Å². The molecule has 0 aliphatic heterocycles. The zero-order valence-electron chi connectivity index (χ0n) is 15.9. The molecule has 2 heterocycles. The number of aliphatic carboxylic acids is 1. The van der Waals surface area contributed by atoms with Gasteiger partial charge < -0.3 is 21.3 Å². The van der Waals surface area contributed by atoms with Gasteiger partial charge in [-0.15, -0.1) is 0 Å². The first-order valence-corrected chi connectivity index (χ1v) is 9.02. The van der Waals surface area contributed by atoms with Crippen molar-refractivity contribution in [3.05, 3.63) is 33.3 Å². The fraction of sp³-hybridized carbons (Fsp3) is 0.389. The number of carboxylic acid groups (broad SMARTS) is 1. The molecule has 2 aromatic rings. The highest BCUT2D eigenvalue weighted by molar-refractivity contribution is 6.00. The Bertz CT molecular complexity index is 1110. The summed E-state index contributed by atoms with van der Waals surface area (Å²) in [6.07, 6.45) is 3.40. The molecule has 0 aromatic carbocycles. The van der Waals surface area contributed by atoms with Gasteiger partial charge in [0.2, 0.25) is 5.88 Å². The van der Waals surface area contributed by atoms with Crippen LogP contribution in [0, 0.1) is 5.92 Å². The Hall–Kier alpha value is -3.63. The molecule has 2 amide bonds. The molecule has 0 bridgehead atoms. The summed E-state index contributed by atoms with van der Waals surface area (Å²) in [5, 5.41) is 26.2. The largest absolute Gasteiger partial charge is 0.492 e. The number of primary amides is 1. The fourth-order valence-electron chi connectivity index (χ4n) is 2.97. The smallest absolute Gasteiger partial charge is 0.328 e. The van der Waals surface area contributed by atoms with Crippen molar-refractivity contribution in [3.63, 3.8) is 0 Å². The standard InChI is InChI=1S/C18H21N5O6/c1-8(2)7-22-16-10(5-6-11(24)25)13(14(19)26)21-23(16)18(29)12(17(22)28)15(27)20-9-3-4-9/h5-6,8-9,29H,3-4,7H2,1-2H3,(H2,19,26)(H,20,27)(H,24,25)/b6-5+. The van der Waals surface area contributed by atoms with Gasteiger partial charge in [0.15, 0.2) is 16.9 Å². The van der Waals surface area contributed by atoms with Crippen LogP contribution in [0.5, 0.6) is 5.88 Å². The maximum absolute atomic E-state index is 13.1. The van der Waals surface area contributed by atoms with Crippen molar-refractivity contribution in [1.29, 1.82) is 0 Å². The Morgan fingerprint density at radius 2 is 2.00 bits per heavy atom. The highest BCUT2D eigenvalue weighted by Crippen LogP contribution is 2.25. The third-order valence-electron chi connectivity index (χ3n) is 4.35. The SMILES string of the molecule is CC(C)Cn1c(=O)c(C(=O)NC2CC2)c(O)n2nc(C(N)=O)c(/C=C/C(=O)O)c12. The second-order valence-corrected chi connectivity index (χ2v) is 7.29. The van der Waals surface area contributed by atoms with E-state index in [4.69, 9.17) is 10.8 Å². The maximum Gasteiger partial charge on any atom is 0.328 e. The topological polar surface area (TPSA) is 169 Å². The minimum Gasteiger partial charge on any atom is -0.492 e. The van der Waals surface area contributed by atoms with Crippen LogP contribution in [0.25, 0.3) is 11.7 Å². The Kier molecular flexibility index (Phi) is 5.14. The lowest BCUT2D eigenvalue weighted by Crippen LogP contribution is -2.36. The summed E-state index contributed by atoms with van der Waals surface area (Å²) in [5.41, 5.74) is 3.66.